The van der Waals surface area contributed by atoms with Crippen LogP contribution in [0, 0.1) is 0 Å². The highest BCUT2D eigenvalue weighted by atomic mass is 16.1. The minimum absolute atomic E-state index is 0.0903. The van der Waals surface area contributed by atoms with Gasteiger partial charge in [-0.3, -0.25) is 4.79 Å². The Morgan fingerprint density at radius 3 is 2.94 bits per heavy atom. The van der Waals surface area contributed by atoms with E-state index in [2.05, 4.69) is 27.1 Å². The first-order valence-corrected chi connectivity index (χ1v) is 6.33. The highest BCUT2D eigenvalue weighted by molar-refractivity contribution is 5.35. The Morgan fingerprint density at radius 2 is 2.29 bits per heavy atom. The number of nitrogens with one attached hydrogen (secondary N) is 2. The van der Waals surface area contributed by atoms with Crippen LogP contribution in [-0.2, 0) is 0 Å². The molecule has 0 aromatic carbocycles. The molecule has 17 heavy (non-hydrogen) atoms. The Balaban J connectivity index is 1.91. The second kappa shape index (κ2) is 5.82. The molecule has 5 nitrogen and oxygen atoms in total. The van der Waals surface area contributed by atoms with Crippen LogP contribution in [0.25, 0.3) is 0 Å². The van der Waals surface area contributed by atoms with Gasteiger partial charge in [-0.25, -0.2) is 4.98 Å². The number of aromatic amines is 1. The van der Waals surface area contributed by atoms with Gasteiger partial charge in [0.05, 0.1) is 0 Å². The van der Waals surface area contributed by atoms with E-state index in [9.17, 15) is 4.79 Å². The highest BCUT2D eigenvalue weighted by Crippen LogP contribution is 2.14. The van der Waals surface area contributed by atoms with Gasteiger partial charge in [0.25, 0.3) is 5.56 Å². The predicted molar refractivity (Wildman–Crippen MR) is 68.4 cm³/mol. The summed E-state index contributed by atoms with van der Waals surface area (Å²) in [6.45, 7) is 5.06. The van der Waals surface area contributed by atoms with Crippen LogP contribution in [0.4, 0.5) is 5.82 Å². The molecule has 0 saturated carbocycles. The monoisotopic (exact) mass is 236 g/mol. The highest BCUT2D eigenvalue weighted by Gasteiger charge is 2.20. The molecule has 1 aliphatic rings. The number of hydrogen-bond donors (Lipinski definition) is 2. The molecule has 1 aromatic rings. The number of H-pyrrole nitrogens is 1. The average Bonchev–Trinajstić information content (AvgIpc) is 2.38. The lowest BCUT2D eigenvalue weighted by Crippen LogP contribution is -2.44. The van der Waals surface area contributed by atoms with Crippen LogP contribution in [0.1, 0.15) is 26.2 Å². The van der Waals surface area contributed by atoms with E-state index in [1.165, 1.54) is 6.42 Å². The van der Waals surface area contributed by atoms with Crippen molar-refractivity contribution in [3.63, 3.8) is 0 Å². The first kappa shape index (κ1) is 12.1. The third kappa shape index (κ3) is 3.06. The molecule has 0 unspecified atom stereocenters. The molecule has 5 heteroatoms. The molecule has 0 atom stereocenters. The number of aromatic nitrogens is 2. The van der Waals surface area contributed by atoms with E-state index in [0.717, 1.165) is 32.5 Å². The van der Waals surface area contributed by atoms with Gasteiger partial charge in [-0.2, -0.15) is 0 Å². The van der Waals surface area contributed by atoms with Crippen molar-refractivity contribution in [3.8, 4) is 0 Å². The van der Waals surface area contributed by atoms with Crippen molar-refractivity contribution >= 4 is 5.82 Å². The van der Waals surface area contributed by atoms with Crippen LogP contribution in [0.15, 0.2) is 17.2 Å². The zero-order chi connectivity index (χ0) is 12.1. The van der Waals surface area contributed by atoms with E-state index in [-0.39, 0.29) is 5.56 Å². The van der Waals surface area contributed by atoms with Gasteiger partial charge in [0.15, 0.2) is 5.82 Å². The van der Waals surface area contributed by atoms with Crippen LogP contribution in [0.5, 0.6) is 0 Å². The van der Waals surface area contributed by atoms with Crippen molar-refractivity contribution in [2.75, 3.05) is 24.5 Å². The van der Waals surface area contributed by atoms with Gasteiger partial charge in [0, 0.05) is 31.5 Å². The molecule has 0 bridgehead atoms. The maximum Gasteiger partial charge on any atom is 0.290 e. The van der Waals surface area contributed by atoms with E-state index < -0.39 is 0 Å². The summed E-state index contributed by atoms with van der Waals surface area (Å²) in [7, 11) is 0. The van der Waals surface area contributed by atoms with Gasteiger partial charge < -0.3 is 15.2 Å². The second-order valence-electron chi connectivity index (χ2n) is 4.46. The Morgan fingerprint density at radius 1 is 1.53 bits per heavy atom. The summed E-state index contributed by atoms with van der Waals surface area (Å²) >= 11 is 0. The van der Waals surface area contributed by atoms with E-state index >= 15 is 0 Å². The fourth-order valence-electron chi connectivity index (χ4n) is 2.21. The normalized spacial score (nSPS) is 17.4. The van der Waals surface area contributed by atoms with E-state index in [0.29, 0.717) is 11.9 Å². The summed E-state index contributed by atoms with van der Waals surface area (Å²) in [5, 5.41) is 3.52. The first-order chi connectivity index (χ1) is 8.31. The lowest BCUT2D eigenvalue weighted by molar-refractivity contribution is 0.414. The fraction of sp³-hybridized carbons (Fsp3) is 0.667. The number of nitrogens with zero attached hydrogens (tertiary/aromatic N) is 2. The minimum Gasteiger partial charge on any atom is -0.352 e. The number of rotatable bonds is 4. The van der Waals surface area contributed by atoms with E-state index in [1.54, 1.807) is 12.4 Å². The van der Waals surface area contributed by atoms with Crippen molar-refractivity contribution in [1.29, 1.82) is 0 Å². The van der Waals surface area contributed by atoms with Gasteiger partial charge in [-0.1, -0.05) is 6.92 Å². The van der Waals surface area contributed by atoms with Gasteiger partial charge in [0.2, 0.25) is 0 Å². The quantitative estimate of drug-likeness (QED) is 0.809. The topological polar surface area (TPSA) is 61.0 Å². The standard InChI is InChI=1S/C12H20N4O/c1-2-5-13-10-3-8-16(9-4-10)11-12(17)15-7-6-14-11/h6-7,10,13H,2-5,8-9H2,1H3,(H,15,17). The Hall–Kier alpha value is -1.36. The lowest BCUT2D eigenvalue weighted by Gasteiger charge is -2.32. The molecule has 1 fully saturated rings. The largest absolute Gasteiger partial charge is 0.352 e. The van der Waals surface area contributed by atoms with Crippen LogP contribution >= 0.6 is 0 Å². The summed E-state index contributed by atoms with van der Waals surface area (Å²) in [6, 6.07) is 0.592. The summed E-state index contributed by atoms with van der Waals surface area (Å²) in [6.07, 6.45) is 6.53. The van der Waals surface area contributed by atoms with Crippen LogP contribution < -0.4 is 15.8 Å². The van der Waals surface area contributed by atoms with Crippen LogP contribution in [0.2, 0.25) is 0 Å². The molecule has 0 aliphatic carbocycles. The van der Waals surface area contributed by atoms with Crippen molar-refractivity contribution < 1.29 is 0 Å². The zero-order valence-electron chi connectivity index (χ0n) is 10.3. The van der Waals surface area contributed by atoms with Crippen LogP contribution in [-0.4, -0.2) is 35.6 Å². The van der Waals surface area contributed by atoms with E-state index in [1.807, 2.05) is 0 Å². The van der Waals surface area contributed by atoms with E-state index in [4.69, 9.17) is 0 Å². The fourth-order valence-corrected chi connectivity index (χ4v) is 2.21. The van der Waals surface area contributed by atoms with Crippen molar-refractivity contribution in [2.24, 2.45) is 0 Å². The third-order valence-corrected chi connectivity index (χ3v) is 3.17. The molecule has 1 saturated heterocycles. The summed E-state index contributed by atoms with van der Waals surface area (Å²) < 4.78 is 0. The Kier molecular flexibility index (Phi) is 4.14. The summed E-state index contributed by atoms with van der Waals surface area (Å²) in [5.74, 6) is 0.557. The first-order valence-electron chi connectivity index (χ1n) is 6.33. The van der Waals surface area contributed by atoms with Gasteiger partial charge in [-0.15, -0.1) is 0 Å². The maximum absolute atomic E-state index is 11.6. The Bertz CT molecular complexity index is 395. The van der Waals surface area contributed by atoms with Crippen molar-refractivity contribution in [1.82, 2.24) is 15.3 Å². The van der Waals surface area contributed by atoms with Crippen LogP contribution in [0.3, 0.4) is 0 Å². The summed E-state index contributed by atoms with van der Waals surface area (Å²) in [5.41, 5.74) is -0.0903. The number of piperidine rings is 1. The predicted octanol–water partition coefficient (Wildman–Crippen LogP) is 0.738. The third-order valence-electron chi connectivity index (χ3n) is 3.17. The molecule has 2 rings (SSSR count). The molecular weight excluding hydrogens is 216 g/mol. The summed E-state index contributed by atoms with van der Waals surface area (Å²) in [4.78, 5) is 20.5. The SMILES string of the molecule is CCCNC1CCN(c2ncc[nH]c2=O)CC1. The number of anilines is 1. The van der Waals surface area contributed by atoms with Gasteiger partial charge in [0.1, 0.15) is 0 Å². The van der Waals surface area contributed by atoms with Crippen molar-refractivity contribution in [3.05, 3.63) is 22.7 Å². The Labute approximate surface area is 101 Å². The average molecular weight is 236 g/mol. The molecular formula is C12H20N4O. The molecule has 0 amide bonds. The molecule has 0 spiro atoms. The molecule has 1 aromatic heterocycles. The minimum atomic E-state index is -0.0903. The lowest BCUT2D eigenvalue weighted by atomic mass is 10.1. The van der Waals surface area contributed by atoms with Gasteiger partial charge >= 0.3 is 0 Å². The van der Waals surface area contributed by atoms with Gasteiger partial charge in [-0.05, 0) is 25.8 Å². The maximum atomic E-state index is 11.6. The molecule has 0 radical (unpaired) electrons. The number of hydrogen-bond acceptors (Lipinski definition) is 4. The molecule has 2 heterocycles. The molecule has 94 valence electrons. The second-order valence-corrected chi connectivity index (χ2v) is 4.46. The molecule has 1 aliphatic heterocycles. The zero-order valence-corrected chi connectivity index (χ0v) is 10.3. The van der Waals surface area contributed by atoms with Crippen molar-refractivity contribution in [2.45, 2.75) is 32.2 Å². The molecule has 2 N–H and O–H groups in total. The smallest absolute Gasteiger partial charge is 0.290 e.